The monoisotopic (exact) mass is 559 g/mol. The van der Waals surface area contributed by atoms with Gasteiger partial charge in [-0.15, -0.1) is 0 Å². The average Bonchev–Trinajstić information content (AvgIpc) is 3.56. The second kappa shape index (κ2) is 11.9. The van der Waals surface area contributed by atoms with Gasteiger partial charge in [-0.2, -0.15) is 0 Å². The predicted octanol–water partition coefficient (Wildman–Crippen LogP) is 6.03. The third-order valence-corrected chi connectivity index (χ3v) is 7.67. The van der Waals surface area contributed by atoms with Crippen molar-refractivity contribution in [1.29, 1.82) is 0 Å². The molecule has 0 saturated heterocycles. The van der Waals surface area contributed by atoms with E-state index in [1.165, 1.54) is 50.8 Å². The van der Waals surface area contributed by atoms with Gasteiger partial charge in [0.05, 0.1) is 12.2 Å². The van der Waals surface area contributed by atoms with Crippen molar-refractivity contribution in [3.63, 3.8) is 0 Å². The lowest BCUT2D eigenvalue weighted by molar-refractivity contribution is 0.207. The smallest absolute Gasteiger partial charge is 0.192 e. The van der Waals surface area contributed by atoms with Crippen LogP contribution in [-0.2, 0) is 9.84 Å². The first-order chi connectivity index (χ1) is 16.9. The Labute approximate surface area is 215 Å². The lowest BCUT2D eigenvalue weighted by Crippen LogP contribution is -2.11. The summed E-state index contributed by atoms with van der Waals surface area (Å²) in [7, 11) is -3.29. The molecule has 9 heteroatoms. The lowest BCUT2D eigenvalue weighted by Gasteiger charge is -2.15. The fraction of sp³-hybridized carbons (Fsp3) is 0.423. The van der Waals surface area contributed by atoms with Crippen LogP contribution in [0, 0.1) is 0 Å². The number of halogens is 1. The van der Waals surface area contributed by atoms with E-state index in [0.29, 0.717) is 11.8 Å². The highest BCUT2D eigenvalue weighted by atomic mass is 79.9. The summed E-state index contributed by atoms with van der Waals surface area (Å²) in [5, 5.41) is 0.0606. The van der Waals surface area contributed by atoms with Crippen molar-refractivity contribution >= 4 is 25.8 Å². The summed E-state index contributed by atoms with van der Waals surface area (Å²) in [5.41, 5.74) is 1.45. The molecule has 186 valence electrons. The first kappa shape index (κ1) is 25.6. The molecule has 2 aliphatic carbocycles. The normalized spacial score (nSPS) is 16.5. The summed E-state index contributed by atoms with van der Waals surface area (Å²) in [6, 6.07) is 10.8. The molecule has 0 amide bonds. The maximum absolute atomic E-state index is 11.5. The Balaban J connectivity index is 0.000000189. The molecule has 2 aliphatic rings. The van der Waals surface area contributed by atoms with Crippen LogP contribution >= 0.6 is 15.9 Å². The first-order valence-electron chi connectivity index (χ1n) is 12.0. The number of pyridine rings is 3. The molecule has 7 nitrogen and oxygen atoms in total. The summed E-state index contributed by atoms with van der Waals surface area (Å²) in [5.74, 6) is 1.60. The fourth-order valence-electron chi connectivity index (χ4n) is 4.27. The van der Waals surface area contributed by atoms with Crippen LogP contribution in [0.25, 0.3) is 11.3 Å². The molecule has 0 N–H and O–H groups in total. The zero-order chi connectivity index (χ0) is 24.7. The third-order valence-electron chi connectivity index (χ3n) is 6.08. The van der Waals surface area contributed by atoms with Gasteiger partial charge in [-0.25, -0.2) is 18.4 Å². The summed E-state index contributed by atoms with van der Waals surface area (Å²) in [6.45, 7) is 0. The van der Waals surface area contributed by atoms with Crippen molar-refractivity contribution < 1.29 is 17.9 Å². The maximum Gasteiger partial charge on any atom is 0.192 e. The van der Waals surface area contributed by atoms with E-state index in [9.17, 15) is 8.42 Å². The van der Waals surface area contributed by atoms with E-state index in [1.54, 1.807) is 18.5 Å². The second-order valence-corrected chi connectivity index (χ2v) is 11.6. The van der Waals surface area contributed by atoms with Crippen molar-refractivity contribution in [3.05, 3.63) is 59.6 Å². The molecular formula is C26H30BrN3O4S. The van der Waals surface area contributed by atoms with E-state index in [4.69, 9.17) is 9.47 Å². The van der Waals surface area contributed by atoms with Gasteiger partial charge in [0.2, 0.25) is 0 Å². The molecule has 3 heterocycles. The molecule has 0 aliphatic heterocycles. The van der Waals surface area contributed by atoms with Gasteiger partial charge >= 0.3 is 0 Å². The largest absolute Gasteiger partial charge is 0.488 e. The highest BCUT2D eigenvalue weighted by Gasteiger charge is 2.19. The minimum Gasteiger partial charge on any atom is -0.488 e. The average molecular weight is 561 g/mol. The summed E-state index contributed by atoms with van der Waals surface area (Å²) in [4.78, 5) is 12.5. The van der Waals surface area contributed by atoms with E-state index in [2.05, 4.69) is 30.9 Å². The summed E-state index contributed by atoms with van der Waals surface area (Å²) >= 11 is 3.37. The molecule has 0 bridgehead atoms. The van der Waals surface area contributed by atoms with Crippen LogP contribution in [0.3, 0.4) is 0 Å². The Morgan fingerprint density at radius 3 is 1.91 bits per heavy atom. The molecule has 5 rings (SSSR count). The van der Waals surface area contributed by atoms with Crippen LogP contribution in [-0.4, -0.2) is 41.8 Å². The van der Waals surface area contributed by atoms with Gasteiger partial charge in [0, 0.05) is 30.4 Å². The first-order valence-corrected chi connectivity index (χ1v) is 14.6. The fourth-order valence-corrected chi connectivity index (χ4v) is 5.18. The van der Waals surface area contributed by atoms with Crippen LogP contribution in [0.5, 0.6) is 11.5 Å². The van der Waals surface area contributed by atoms with E-state index in [-0.39, 0.29) is 11.1 Å². The van der Waals surface area contributed by atoms with E-state index in [0.717, 1.165) is 40.8 Å². The number of nitrogens with zero attached hydrogens (tertiary/aromatic N) is 3. The second-order valence-electron chi connectivity index (χ2n) is 8.85. The molecule has 0 spiro atoms. The van der Waals surface area contributed by atoms with Gasteiger partial charge in [-0.1, -0.05) is 0 Å². The van der Waals surface area contributed by atoms with Crippen LogP contribution < -0.4 is 9.47 Å². The molecule has 0 atom stereocenters. The number of ether oxygens (including phenoxy) is 2. The zero-order valence-electron chi connectivity index (χ0n) is 19.8. The van der Waals surface area contributed by atoms with Gasteiger partial charge in [-0.3, -0.25) is 4.98 Å². The van der Waals surface area contributed by atoms with Crippen molar-refractivity contribution in [2.75, 3.05) is 6.26 Å². The minimum absolute atomic E-state index is 0.0606. The highest BCUT2D eigenvalue weighted by molar-refractivity contribution is 9.10. The maximum atomic E-state index is 11.5. The SMILES string of the molecule is Brc1ncccc1OC1CCCC1.CS(=O)(=O)c1ccc(-c2ncccc2OC2CCCC2)cn1. The lowest BCUT2D eigenvalue weighted by atomic mass is 10.1. The van der Waals surface area contributed by atoms with E-state index < -0.39 is 9.84 Å². The molecule has 3 aromatic heterocycles. The van der Waals surface area contributed by atoms with Crippen LogP contribution in [0.15, 0.2) is 64.6 Å². The Bertz CT molecular complexity index is 1210. The third kappa shape index (κ3) is 7.24. The van der Waals surface area contributed by atoms with E-state index >= 15 is 0 Å². The Morgan fingerprint density at radius 1 is 0.800 bits per heavy atom. The molecule has 0 radical (unpaired) electrons. The number of hydrogen-bond donors (Lipinski definition) is 0. The molecule has 35 heavy (non-hydrogen) atoms. The molecule has 2 saturated carbocycles. The van der Waals surface area contributed by atoms with Gasteiger partial charge in [0.15, 0.2) is 20.6 Å². The quantitative estimate of drug-likeness (QED) is 0.340. The molecule has 0 unspecified atom stereocenters. The van der Waals surface area contributed by atoms with Crippen LogP contribution in [0.4, 0.5) is 0 Å². The minimum atomic E-state index is -3.29. The number of hydrogen-bond acceptors (Lipinski definition) is 7. The van der Waals surface area contributed by atoms with Crippen molar-refractivity contribution in [1.82, 2.24) is 15.0 Å². The van der Waals surface area contributed by atoms with Gasteiger partial charge in [0.1, 0.15) is 16.0 Å². The number of aromatic nitrogens is 3. The van der Waals surface area contributed by atoms with Crippen molar-refractivity contribution in [2.24, 2.45) is 0 Å². The summed E-state index contributed by atoms with van der Waals surface area (Å²) in [6.07, 6.45) is 16.3. The van der Waals surface area contributed by atoms with Crippen molar-refractivity contribution in [3.8, 4) is 22.8 Å². The van der Waals surface area contributed by atoms with Crippen LogP contribution in [0.2, 0.25) is 0 Å². The van der Waals surface area contributed by atoms with Gasteiger partial charge < -0.3 is 9.47 Å². The molecule has 2 fully saturated rings. The Kier molecular flexibility index (Phi) is 8.73. The molecule has 3 aromatic rings. The van der Waals surface area contributed by atoms with E-state index in [1.807, 2.05) is 24.3 Å². The Hall–Kier alpha value is -2.52. The number of rotatable bonds is 6. The van der Waals surface area contributed by atoms with Crippen LogP contribution in [0.1, 0.15) is 51.4 Å². The highest BCUT2D eigenvalue weighted by Crippen LogP contribution is 2.31. The van der Waals surface area contributed by atoms with Gasteiger partial charge in [0.25, 0.3) is 0 Å². The topological polar surface area (TPSA) is 91.3 Å². The standard InChI is InChI=1S/C16H18N2O3S.C10H12BrNO/c1-22(19,20)15-9-8-12(11-18-15)16-14(7-4-10-17-16)21-13-5-2-3-6-13;11-10-9(6-3-7-12-10)13-8-4-1-2-5-8/h4,7-11,13H,2-3,5-6H2,1H3;3,6-8H,1-2,4-5H2. The van der Waals surface area contributed by atoms with Gasteiger partial charge in [-0.05, 0) is 104 Å². The van der Waals surface area contributed by atoms with Crippen molar-refractivity contribution in [2.45, 2.75) is 68.6 Å². The molecular weight excluding hydrogens is 530 g/mol. The Morgan fingerprint density at radius 2 is 1.37 bits per heavy atom. The summed E-state index contributed by atoms with van der Waals surface area (Å²) < 4.78 is 35.6. The number of sulfone groups is 1. The zero-order valence-corrected chi connectivity index (χ0v) is 22.2. The predicted molar refractivity (Wildman–Crippen MR) is 138 cm³/mol. The molecule has 0 aromatic carbocycles.